The maximum absolute atomic E-state index is 8.65. The quantitative estimate of drug-likeness (QED) is 0.767. The molecule has 0 N–H and O–H groups in total. The lowest BCUT2D eigenvalue weighted by Gasteiger charge is -2.00. The highest BCUT2D eigenvalue weighted by Crippen LogP contribution is 2.22. The molecule has 1 rings (SSSR count). The average molecular weight is 265 g/mol. The lowest BCUT2D eigenvalue weighted by molar-refractivity contribution is 0.756. The summed E-state index contributed by atoms with van der Waals surface area (Å²) in [5, 5.41) is 10.7. The molecule has 1 nitrogen and oxygen atoms in total. The normalized spacial score (nSPS) is 12.4. The average Bonchev–Trinajstić information content (AvgIpc) is 2.47. The fourth-order valence-electron chi connectivity index (χ4n) is 0.838. The summed E-state index contributed by atoms with van der Waals surface area (Å²) in [7, 11) is 0. The third-order valence-electron chi connectivity index (χ3n) is 1.44. The van der Waals surface area contributed by atoms with Gasteiger partial charge in [0.1, 0.15) is 0 Å². The molecule has 12 heavy (non-hydrogen) atoms. The standard InChI is InChI=1S/C8H7BrClNS/c9-7-2-8(12-5-7)1-6(3-10)4-11/h2,5-6H,1,3H2. The van der Waals surface area contributed by atoms with E-state index in [0.29, 0.717) is 5.88 Å². The Morgan fingerprint density at radius 1 is 1.75 bits per heavy atom. The van der Waals surface area contributed by atoms with Crippen molar-refractivity contribution in [2.45, 2.75) is 6.42 Å². The lowest BCUT2D eigenvalue weighted by atomic mass is 10.1. The first-order valence-corrected chi connectivity index (χ1v) is 5.65. The Kier molecular flexibility index (Phi) is 4.07. The van der Waals surface area contributed by atoms with Crippen molar-refractivity contribution in [3.8, 4) is 6.07 Å². The van der Waals surface area contributed by atoms with E-state index in [1.807, 2.05) is 11.4 Å². The van der Waals surface area contributed by atoms with Gasteiger partial charge in [-0.05, 0) is 28.4 Å². The van der Waals surface area contributed by atoms with Gasteiger partial charge in [-0.15, -0.1) is 22.9 Å². The fourth-order valence-corrected chi connectivity index (χ4v) is 2.55. The van der Waals surface area contributed by atoms with Crippen LogP contribution in [0.5, 0.6) is 0 Å². The summed E-state index contributed by atoms with van der Waals surface area (Å²) in [6.45, 7) is 0. The van der Waals surface area contributed by atoms with E-state index in [1.54, 1.807) is 11.3 Å². The third kappa shape index (κ3) is 2.78. The van der Waals surface area contributed by atoms with Crippen LogP contribution < -0.4 is 0 Å². The number of alkyl halides is 1. The molecule has 0 aliphatic heterocycles. The van der Waals surface area contributed by atoms with Crippen molar-refractivity contribution in [1.29, 1.82) is 5.26 Å². The topological polar surface area (TPSA) is 23.8 Å². The number of hydrogen-bond donors (Lipinski definition) is 0. The van der Waals surface area contributed by atoms with Gasteiger partial charge >= 0.3 is 0 Å². The highest BCUT2D eigenvalue weighted by molar-refractivity contribution is 9.10. The molecule has 0 fully saturated rings. The molecule has 0 saturated heterocycles. The summed E-state index contributed by atoms with van der Waals surface area (Å²) in [4.78, 5) is 1.20. The summed E-state index contributed by atoms with van der Waals surface area (Å²) in [5.74, 6) is 0.351. The highest BCUT2D eigenvalue weighted by atomic mass is 79.9. The molecule has 0 aliphatic carbocycles. The summed E-state index contributed by atoms with van der Waals surface area (Å²) in [6, 6.07) is 4.20. The zero-order chi connectivity index (χ0) is 8.97. The highest BCUT2D eigenvalue weighted by Gasteiger charge is 2.08. The second-order valence-electron chi connectivity index (χ2n) is 2.42. The molecule has 64 valence electrons. The molecule has 0 aromatic carbocycles. The number of nitrogens with zero attached hydrogens (tertiary/aromatic N) is 1. The number of nitriles is 1. The first kappa shape index (κ1) is 10.0. The van der Waals surface area contributed by atoms with E-state index in [4.69, 9.17) is 16.9 Å². The minimum Gasteiger partial charge on any atom is -0.198 e. The minimum atomic E-state index is -0.0581. The predicted molar refractivity (Wildman–Crippen MR) is 55.5 cm³/mol. The number of hydrogen-bond acceptors (Lipinski definition) is 2. The summed E-state index contributed by atoms with van der Waals surface area (Å²) >= 11 is 10.6. The maximum Gasteiger partial charge on any atom is 0.0672 e. The molecule has 0 bridgehead atoms. The van der Waals surface area contributed by atoms with Crippen LogP contribution in [0.1, 0.15) is 4.88 Å². The fraction of sp³-hybridized carbons (Fsp3) is 0.375. The Bertz CT molecular complexity index is 291. The Morgan fingerprint density at radius 3 is 2.92 bits per heavy atom. The zero-order valence-electron chi connectivity index (χ0n) is 6.26. The van der Waals surface area contributed by atoms with Crippen LogP contribution in [0.2, 0.25) is 0 Å². The van der Waals surface area contributed by atoms with Gasteiger partial charge in [0.25, 0.3) is 0 Å². The van der Waals surface area contributed by atoms with Gasteiger partial charge in [-0.3, -0.25) is 0 Å². The molecule has 1 atom stereocenters. The van der Waals surface area contributed by atoms with Crippen LogP contribution in [0, 0.1) is 17.2 Å². The minimum absolute atomic E-state index is 0.0581. The van der Waals surface area contributed by atoms with Gasteiger partial charge in [0.05, 0.1) is 12.0 Å². The number of rotatable bonds is 3. The van der Waals surface area contributed by atoms with Crippen molar-refractivity contribution in [2.24, 2.45) is 5.92 Å². The van der Waals surface area contributed by atoms with E-state index >= 15 is 0 Å². The Morgan fingerprint density at radius 2 is 2.50 bits per heavy atom. The van der Waals surface area contributed by atoms with Gasteiger partial charge in [-0.25, -0.2) is 0 Å². The van der Waals surface area contributed by atoms with Gasteiger partial charge in [0.15, 0.2) is 0 Å². The van der Waals surface area contributed by atoms with Crippen molar-refractivity contribution in [2.75, 3.05) is 5.88 Å². The molecule has 0 aliphatic rings. The first-order valence-electron chi connectivity index (χ1n) is 3.44. The first-order chi connectivity index (χ1) is 5.76. The molecule has 1 aromatic rings. The van der Waals surface area contributed by atoms with Crippen LogP contribution in [0.25, 0.3) is 0 Å². The molecule has 4 heteroatoms. The molecule has 0 saturated carbocycles. The van der Waals surface area contributed by atoms with E-state index in [2.05, 4.69) is 22.0 Å². The number of halogens is 2. The Hall–Kier alpha value is -0.0400. The van der Waals surface area contributed by atoms with Crippen LogP contribution >= 0.6 is 38.9 Å². The van der Waals surface area contributed by atoms with Gasteiger partial charge in [-0.2, -0.15) is 5.26 Å². The van der Waals surface area contributed by atoms with Crippen molar-refractivity contribution < 1.29 is 0 Å². The van der Waals surface area contributed by atoms with Gasteiger partial charge in [0.2, 0.25) is 0 Å². The summed E-state index contributed by atoms with van der Waals surface area (Å²) in [5.41, 5.74) is 0. The summed E-state index contributed by atoms with van der Waals surface area (Å²) in [6.07, 6.45) is 0.760. The van der Waals surface area contributed by atoms with Crippen LogP contribution in [0.15, 0.2) is 15.9 Å². The smallest absolute Gasteiger partial charge is 0.0672 e. The SMILES string of the molecule is N#CC(CCl)Cc1cc(Br)cs1. The Labute approximate surface area is 89.1 Å². The lowest BCUT2D eigenvalue weighted by Crippen LogP contribution is -2.01. The van der Waals surface area contributed by atoms with Crippen LogP contribution in [-0.4, -0.2) is 5.88 Å². The molecule has 0 amide bonds. The monoisotopic (exact) mass is 263 g/mol. The van der Waals surface area contributed by atoms with E-state index in [9.17, 15) is 0 Å². The largest absolute Gasteiger partial charge is 0.198 e. The Balaban J connectivity index is 2.58. The molecular weight excluding hydrogens is 258 g/mol. The zero-order valence-corrected chi connectivity index (χ0v) is 9.42. The predicted octanol–water partition coefficient (Wildman–Crippen LogP) is 3.43. The molecule has 1 heterocycles. The van der Waals surface area contributed by atoms with E-state index < -0.39 is 0 Å². The second-order valence-corrected chi connectivity index (χ2v) is 4.64. The molecule has 0 spiro atoms. The van der Waals surface area contributed by atoms with E-state index in [1.165, 1.54) is 4.88 Å². The van der Waals surface area contributed by atoms with Crippen LogP contribution in [0.3, 0.4) is 0 Å². The van der Waals surface area contributed by atoms with Gasteiger partial charge in [0, 0.05) is 20.6 Å². The van der Waals surface area contributed by atoms with Crippen molar-refractivity contribution in [3.05, 3.63) is 20.8 Å². The van der Waals surface area contributed by atoms with Crippen molar-refractivity contribution in [1.82, 2.24) is 0 Å². The maximum atomic E-state index is 8.65. The molecular formula is C8H7BrClNS. The second kappa shape index (κ2) is 4.86. The summed E-state index contributed by atoms with van der Waals surface area (Å²) < 4.78 is 1.08. The van der Waals surface area contributed by atoms with Gasteiger partial charge < -0.3 is 0 Å². The van der Waals surface area contributed by atoms with Gasteiger partial charge in [-0.1, -0.05) is 0 Å². The van der Waals surface area contributed by atoms with Crippen molar-refractivity contribution >= 4 is 38.9 Å². The van der Waals surface area contributed by atoms with E-state index in [0.717, 1.165) is 10.9 Å². The van der Waals surface area contributed by atoms with Crippen LogP contribution in [-0.2, 0) is 6.42 Å². The molecule has 1 aromatic heterocycles. The van der Waals surface area contributed by atoms with E-state index in [-0.39, 0.29) is 5.92 Å². The van der Waals surface area contributed by atoms with Crippen molar-refractivity contribution in [3.63, 3.8) is 0 Å². The molecule has 0 radical (unpaired) electrons. The number of thiophene rings is 1. The third-order valence-corrected chi connectivity index (χ3v) is 3.53. The molecule has 1 unspecified atom stereocenters. The van der Waals surface area contributed by atoms with Crippen LogP contribution in [0.4, 0.5) is 0 Å².